The Labute approximate surface area is 117 Å². The molecule has 0 spiro atoms. The molecule has 106 valence electrons. The topological polar surface area (TPSA) is 37.8 Å². The van der Waals surface area contributed by atoms with E-state index in [1.165, 1.54) is 6.07 Å². The highest BCUT2D eigenvalue weighted by molar-refractivity contribution is 5.22. The molecule has 0 bridgehead atoms. The van der Waals surface area contributed by atoms with Crippen LogP contribution in [0.2, 0.25) is 0 Å². The molecule has 3 nitrogen and oxygen atoms in total. The van der Waals surface area contributed by atoms with Gasteiger partial charge in [-0.1, -0.05) is 6.92 Å². The molecule has 2 rings (SSSR count). The maximum atomic E-state index is 13.7. The molecule has 20 heavy (non-hydrogen) atoms. The summed E-state index contributed by atoms with van der Waals surface area (Å²) in [5.74, 6) is -0.180. The zero-order valence-corrected chi connectivity index (χ0v) is 11.5. The highest BCUT2D eigenvalue weighted by atomic mass is 19.1. The molecular formula is C15H17F2N3. The van der Waals surface area contributed by atoms with Crippen LogP contribution in [-0.4, -0.2) is 16.5 Å². The third-order valence-corrected chi connectivity index (χ3v) is 3.04. The molecule has 1 heterocycles. The van der Waals surface area contributed by atoms with Gasteiger partial charge in [-0.25, -0.2) is 18.7 Å². The van der Waals surface area contributed by atoms with Gasteiger partial charge in [0.2, 0.25) is 0 Å². The maximum absolute atomic E-state index is 13.7. The van der Waals surface area contributed by atoms with Crippen molar-refractivity contribution in [2.45, 2.75) is 26.3 Å². The van der Waals surface area contributed by atoms with E-state index < -0.39 is 11.6 Å². The van der Waals surface area contributed by atoms with E-state index in [-0.39, 0.29) is 6.04 Å². The summed E-state index contributed by atoms with van der Waals surface area (Å²) in [5, 5.41) is 3.24. The molecule has 1 aromatic heterocycles. The third-order valence-electron chi connectivity index (χ3n) is 3.04. The van der Waals surface area contributed by atoms with Gasteiger partial charge >= 0.3 is 0 Å². The van der Waals surface area contributed by atoms with Crippen molar-refractivity contribution in [3.05, 3.63) is 59.2 Å². The molecule has 5 heteroatoms. The number of nitrogens with one attached hydrogen (secondary N) is 1. The van der Waals surface area contributed by atoms with E-state index in [4.69, 9.17) is 0 Å². The van der Waals surface area contributed by atoms with Crippen molar-refractivity contribution in [2.75, 3.05) is 6.54 Å². The van der Waals surface area contributed by atoms with Crippen LogP contribution in [0.4, 0.5) is 8.78 Å². The maximum Gasteiger partial charge on any atom is 0.126 e. The summed E-state index contributed by atoms with van der Waals surface area (Å²) in [7, 11) is 0. The Morgan fingerprint density at radius 1 is 1.25 bits per heavy atom. The van der Waals surface area contributed by atoms with E-state index in [0.29, 0.717) is 24.4 Å². The predicted octanol–water partition coefficient (Wildman–Crippen LogP) is 2.96. The van der Waals surface area contributed by atoms with Crippen LogP contribution >= 0.6 is 0 Å². The van der Waals surface area contributed by atoms with Gasteiger partial charge in [0.25, 0.3) is 0 Å². The zero-order chi connectivity index (χ0) is 14.5. The summed E-state index contributed by atoms with van der Waals surface area (Å²) in [6.45, 7) is 4.48. The molecule has 0 radical (unpaired) electrons. The number of hydrogen-bond donors (Lipinski definition) is 1. The second-order valence-electron chi connectivity index (χ2n) is 4.58. The Hall–Kier alpha value is -1.88. The number of hydrogen-bond acceptors (Lipinski definition) is 3. The lowest BCUT2D eigenvalue weighted by molar-refractivity contribution is 0.511. The van der Waals surface area contributed by atoms with Crippen LogP contribution in [0.1, 0.15) is 30.0 Å². The molecule has 0 aliphatic heterocycles. The second kappa shape index (κ2) is 6.52. The predicted molar refractivity (Wildman–Crippen MR) is 73.2 cm³/mol. The number of benzene rings is 1. The van der Waals surface area contributed by atoms with Gasteiger partial charge in [0.1, 0.15) is 17.5 Å². The number of likely N-dealkylation sites (N-methyl/N-ethyl adjacent to an activating group) is 1. The Bertz CT molecular complexity index is 587. The minimum Gasteiger partial charge on any atom is -0.309 e. The van der Waals surface area contributed by atoms with E-state index in [1.54, 1.807) is 19.2 Å². The minimum atomic E-state index is -0.435. The highest BCUT2D eigenvalue weighted by Crippen LogP contribution is 2.19. The van der Waals surface area contributed by atoms with Crippen LogP contribution in [0.15, 0.2) is 30.5 Å². The van der Waals surface area contributed by atoms with Crippen molar-refractivity contribution in [3.8, 4) is 0 Å². The number of aryl methyl sites for hydroxylation is 1. The zero-order valence-electron chi connectivity index (χ0n) is 11.5. The standard InChI is InChI=1S/C15H17F2N3/c1-3-18-15(14-6-7-19-10(2)20-14)9-11-8-12(16)4-5-13(11)17/h4-8,15,18H,3,9H2,1-2H3. The van der Waals surface area contributed by atoms with Gasteiger partial charge in [0, 0.05) is 6.20 Å². The number of rotatable bonds is 5. The lowest BCUT2D eigenvalue weighted by atomic mass is 10.0. The van der Waals surface area contributed by atoms with E-state index in [0.717, 1.165) is 17.8 Å². The molecule has 0 saturated carbocycles. The first-order valence-electron chi connectivity index (χ1n) is 6.57. The monoisotopic (exact) mass is 277 g/mol. The SMILES string of the molecule is CCNC(Cc1cc(F)ccc1F)c1ccnc(C)n1. The van der Waals surface area contributed by atoms with Crippen LogP contribution in [0, 0.1) is 18.6 Å². The Balaban J connectivity index is 2.27. The summed E-state index contributed by atoms with van der Waals surface area (Å²) >= 11 is 0. The van der Waals surface area contributed by atoms with Gasteiger partial charge in [-0.2, -0.15) is 0 Å². The van der Waals surface area contributed by atoms with Gasteiger partial charge in [0.15, 0.2) is 0 Å². The average molecular weight is 277 g/mol. The molecule has 1 atom stereocenters. The van der Waals surface area contributed by atoms with Gasteiger partial charge in [-0.15, -0.1) is 0 Å². The van der Waals surface area contributed by atoms with E-state index >= 15 is 0 Å². The Morgan fingerprint density at radius 2 is 2.05 bits per heavy atom. The molecular weight excluding hydrogens is 260 g/mol. The molecule has 1 aromatic carbocycles. The quantitative estimate of drug-likeness (QED) is 0.913. The number of halogens is 2. The van der Waals surface area contributed by atoms with Crippen molar-refractivity contribution >= 4 is 0 Å². The fraction of sp³-hybridized carbons (Fsp3) is 0.333. The normalized spacial score (nSPS) is 12.4. The minimum absolute atomic E-state index is 0.169. The van der Waals surface area contributed by atoms with Crippen LogP contribution in [0.5, 0.6) is 0 Å². The highest BCUT2D eigenvalue weighted by Gasteiger charge is 2.16. The second-order valence-corrected chi connectivity index (χ2v) is 4.58. The lowest BCUT2D eigenvalue weighted by Gasteiger charge is -2.18. The van der Waals surface area contributed by atoms with E-state index in [2.05, 4.69) is 15.3 Å². The first-order valence-corrected chi connectivity index (χ1v) is 6.57. The summed E-state index contributed by atoms with van der Waals surface area (Å²) in [4.78, 5) is 8.40. The Kier molecular flexibility index (Phi) is 4.74. The van der Waals surface area contributed by atoms with Crippen molar-refractivity contribution in [1.29, 1.82) is 0 Å². The smallest absolute Gasteiger partial charge is 0.126 e. The van der Waals surface area contributed by atoms with Crippen molar-refractivity contribution in [2.24, 2.45) is 0 Å². The van der Waals surface area contributed by atoms with Crippen molar-refractivity contribution < 1.29 is 8.78 Å². The summed E-state index contributed by atoms with van der Waals surface area (Å²) in [5.41, 5.74) is 1.12. The summed E-state index contributed by atoms with van der Waals surface area (Å²) in [6.07, 6.45) is 2.01. The Morgan fingerprint density at radius 3 is 2.75 bits per heavy atom. The average Bonchev–Trinajstić information content (AvgIpc) is 2.42. The van der Waals surface area contributed by atoms with Crippen LogP contribution in [-0.2, 0) is 6.42 Å². The third kappa shape index (κ3) is 3.57. The van der Waals surface area contributed by atoms with Crippen LogP contribution in [0.25, 0.3) is 0 Å². The molecule has 1 unspecified atom stereocenters. The molecule has 1 N–H and O–H groups in total. The van der Waals surface area contributed by atoms with Crippen molar-refractivity contribution in [3.63, 3.8) is 0 Å². The summed E-state index contributed by atoms with van der Waals surface area (Å²) < 4.78 is 27.0. The molecule has 0 aliphatic rings. The first-order chi connectivity index (χ1) is 9.60. The van der Waals surface area contributed by atoms with E-state index in [1.807, 2.05) is 6.92 Å². The fourth-order valence-electron chi connectivity index (χ4n) is 2.12. The largest absolute Gasteiger partial charge is 0.309 e. The van der Waals surface area contributed by atoms with Gasteiger partial charge in [-0.3, -0.25) is 0 Å². The van der Waals surface area contributed by atoms with Crippen molar-refractivity contribution in [1.82, 2.24) is 15.3 Å². The molecule has 0 saturated heterocycles. The number of aromatic nitrogens is 2. The molecule has 0 amide bonds. The molecule has 2 aromatic rings. The van der Waals surface area contributed by atoms with E-state index in [9.17, 15) is 8.78 Å². The van der Waals surface area contributed by atoms with Gasteiger partial charge in [0.05, 0.1) is 11.7 Å². The van der Waals surface area contributed by atoms with Gasteiger partial charge in [-0.05, 0) is 49.7 Å². The summed E-state index contributed by atoms with van der Waals surface area (Å²) in [6, 6.07) is 5.12. The first kappa shape index (κ1) is 14.5. The van der Waals surface area contributed by atoms with Crippen LogP contribution < -0.4 is 5.32 Å². The number of nitrogens with zero attached hydrogens (tertiary/aromatic N) is 2. The van der Waals surface area contributed by atoms with Gasteiger partial charge < -0.3 is 5.32 Å². The molecule has 0 fully saturated rings. The molecule has 0 aliphatic carbocycles. The van der Waals surface area contributed by atoms with Crippen LogP contribution in [0.3, 0.4) is 0 Å². The lowest BCUT2D eigenvalue weighted by Crippen LogP contribution is -2.24. The fourth-order valence-corrected chi connectivity index (χ4v) is 2.12.